The lowest BCUT2D eigenvalue weighted by Crippen LogP contribution is -2.17. The first-order valence-corrected chi connectivity index (χ1v) is 8.50. The number of halogens is 4. The van der Waals surface area contributed by atoms with Gasteiger partial charge in [0.05, 0.1) is 17.7 Å². The van der Waals surface area contributed by atoms with E-state index in [0.717, 1.165) is 18.1 Å². The Balaban J connectivity index is 2.35. The normalized spacial score (nSPS) is 11.2. The molecule has 0 atom stereocenters. The molecule has 0 saturated carbocycles. The van der Waals surface area contributed by atoms with Gasteiger partial charge in [-0.15, -0.1) is 0 Å². The monoisotopic (exact) mass is 403 g/mol. The number of hydrogen-bond acceptors (Lipinski definition) is 3. The molecule has 0 unspecified atom stereocenters. The third-order valence-corrected chi connectivity index (χ3v) is 4.24. The molecule has 2 rings (SSSR count). The molecular formula is C18H17ClF3NO2S. The van der Waals surface area contributed by atoms with Crippen molar-refractivity contribution < 1.29 is 22.6 Å². The number of alkyl halides is 3. The third kappa shape index (κ3) is 5.02. The number of methoxy groups -OCH3 is 1. The van der Waals surface area contributed by atoms with Crippen molar-refractivity contribution in [1.82, 2.24) is 0 Å². The molecule has 2 aromatic carbocycles. The smallest absolute Gasteiger partial charge is 0.416 e. The molecule has 0 spiro atoms. The number of aryl methyl sites for hydroxylation is 1. The fraction of sp³-hybridized carbons (Fsp3) is 0.278. The summed E-state index contributed by atoms with van der Waals surface area (Å²) < 4.78 is 50.5. The Morgan fingerprint density at radius 2 is 1.96 bits per heavy atom. The van der Waals surface area contributed by atoms with E-state index in [1.165, 1.54) is 19.2 Å². The van der Waals surface area contributed by atoms with Gasteiger partial charge in [-0.2, -0.15) is 13.2 Å². The molecule has 0 amide bonds. The standard InChI is InChI=1S/C18H17ClF3NO2S/c1-3-11-7-8-16(14(19)9-11)25-10-12-13(18(20,21)22)5-4-6-15(12)23-17(26)24-2/h4-9H,3,10H2,1-2H3,(H,23,26). The SMILES string of the molecule is CCc1ccc(OCc2c(NC(=S)OC)cccc2C(F)(F)F)c(Cl)c1. The average molecular weight is 404 g/mol. The summed E-state index contributed by atoms with van der Waals surface area (Å²) in [4.78, 5) is 0. The highest BCUT2D eigenvalue weighted by Crippen LogP contribution is 2.36. The van der Waals surface area contributed by atoms with Crippen molar-refractivity contribution in [2.45, 2.75) is 26.1 Å². The summed E-state index contributed by atoms with van der Waals surface area (Å²) in [5.74, 6) is 0.307. The van der Waals surface area contributed by atoms with Crippen molar-refractivity contribution >= 4 is 34.7 Å². The highest BCUT2D eigenvalue weighted by atomic mass is 35.5. The van der Waals surface area contributed by atoms with Crippen LogP contribution < -0.4 is 10.1 Å². The van der Waals surface area contributed by atoms with Crippen LogP contribution in [0.4, 0.5) is 18.9 Å². The molecule has 26 heavy (non-hydrogen) atoms. The van der Waals surface area contributed by atoms with E-state index in [0.29, 0.717) is 10.8 Å². The van der Waals surface area contributed by atoms with Crippen molar-refractivity contribution in [1.29, 1.82) is 0 Å². The Labute approximate surface area is 160 Å². The molecule has 1 N–H and O–H groups in total. The van der Waals surface area contributed by atoms with Gasteiger partial charge in [-0.25, -0.2) is 0 Å². The Morgan fingerprint density at radius 3 is 2.54 bits per heavy atom. The van der Waals surface area contributed by atoms with Crippen molar-refractivity contribution in [2.24, 2.45) is 0 Å². The van der Waals surface area contributed by atoms with Crippen molar-refractivity contribution in [3.8, 4) is 5.75 Å². The van der Waals surface area contributed by atoms with Gasteiger partial charge >= 0.3 is 6.18 Å². The Kier molecular flexibility index (Phi) is 6.72. The highest BCUT2D eigenvalue weighted by molar-refractivity contribution is 7.80. The van der Waals surface area contributed by atoms with Crippen LogP contribution in [-0.4, -0.2) is 12.3 Å². The van der Waals surface area contributed by atoms with Gasteiger partial charge in [0.1, 0.15) is 12.4 Å². The molecule has 0 heterocycles. The number of nitrogens with one attached hydrogen (secondary N) is 1. The van der Waals surface area contributed by atoms with Gasteiger partial charge in [0.2, 0.25) is 0 Å². The Hall–Kier alpha value is -1.99. The predicted octanol–water partition coefficient (Wildman–Crippen LogP) is 5.84. The van der Waals surface area contributed by atoms with E-state index in [1.807, 2.05) is 13.0 Å². The van der Waals surface area contributed by atoms with Crippen LogP contribution in [-0.2, 0) is 23.9 Å². The first-order valence-electron chi connectivity index (χ1n) is 7.71. The second-order valence-corrected chi connectivity index (χ2v) is 6.13. The summed E-state index contributed by atoms with van der Waals surface area (Å²) in [5, 5.41) is 2.94. The molecule has 0 aliphatic carbocycles. The van der Waals surface area contributed by atoms with Crippen LogP contribution in [0.25, 0.3) is 0 Å². The second kappa shape index (κ2) is 8.60. The first kappa shape index (κ1) is 20.3. The number of hydrogen-bond donors (Lipinski definition) is 1. The van der Waals surface area contributed by atoms with Gasteiger partial charge in [-0.3, -0.25) is 0 Å². The quantitative estimate of drug-likeness (QED) is 0.635. The zero-order chi connectivity index (χ0) is 19.3. The maximum Gasteiger partial charge on any atom is 0.416 e. The van der Waals surface area contributed by atoms with E-state index in [4.69, 9.17) is 33.3 Å². The number of anilines is 1. The Morgan fingerprint density at radius 1 is 1.23 bits per heavy atom. The third-order valence-electron chi connectivity index (χ3n) is 3.68. The fourth-order valence-corrected chi connectivity index (χ4v) is 2.68. The maximum absolute atomic E-state index is 13.4. The number of ether oxygens (including phenoxy) is 2. The Bertz CT molecular complexity index is 796. The van der Waals surface area contributed by atoms with E-state index in [1.54, 1.807) is 12.1 Å². The van der Waals surface area contributed by atoms with E-state index in [-0.39, 0.29) is 23.0 Å². The minimum absolute atomic E-state index is 0.0455. The summed E-state index contributed by atoms with van der Waals surface area (Å²) in [5.41, 5.74) is 0.261. The van der Waals surface area contributed by atoms with Gasteiger partial charge in [0.25, 0.3) is 5.17 Å². The lowest BCUT2D eigenvalue weighted by Gasteiger charge is -2.19. The number of benzene rings is 2. The zero-order valence-corrected chi connectivity index (χ0v) is 15.7. The molecular weight excluding hydrogens is 387 g/mol. The van der Waals surface area contributed by atoms with Crippen LogP contribution in [0.2, 0.25) is 5.02 Å². The molecule has 140 valence electrons. The molecule has 2 aromatic rings. The number of rotatable bonds is 5. The molecule has 0 fully saturated rings. The largest absolute Gasteiger partial charge is 0.487 e. The fourth-order valence-electron chi connectivity index (χ4n) is 2.32. The summed E-state index contributed by atoms with van der Waals surface area (Å²) in [6.45, 7) is 1.64. The van der Waals surface area contributed by atoms with Crippen LogP contribution in [0.1, 0.15) is 23.6 Å². The molecule has 3 nitrogen and oxygen atoms in total. The second-order valence-electron chi connectivity index (χ2n) is 5.35. The highest BCUT2D eigenvalue weighted by Gasteiger charge is 2.34. The molecule has 0 aliphatic rings. The average Bonchev–Trinajstić information content (AvgIpc) is 2.60. The summed E-state index contributed by atoms with van der Waals surface area (Å²) >= 11 is 11.0. The van der Waals surface area contributed by atoms with Gasteiger partial charge in [-0.1, -0.05) is 30.7 Å². The van der Waals surface area contributed by atoms with Crippen LogP contribution in [0, 0.1) is 0 Å². The lowest BCUT2D eigenvalue weighted by molar-refractivity contribution is -0.138. The maximum atomic E-state index is 13.4. The lowest BCUT2D eigenvalue weighted by atomic mass is 10.1. The van der Waals surface area contributed by atoms with Crippen LogP contribution in [0.15, 0.2) is 36.4 Å². The zero-order valence-electron chi connectivity index (χ0n) is 14.1. The van der Waals surface area contributed by atoms with Crippen molar-refractivity contribution in [2.75, 3.05) is 12.4 Å². The molecule has 0 radical (unpaired) electrons. The van der Waals surface area contributed by atoms with Gasteiger partial charge in [0, 0.05) is 11.3 Å². The molecule has 0 aliphatic heterocycles. The van der Waals surface area contributed by atoms with E-state index < -0.39 is 11.7 Å². The molecule has 0 bridgehead atoms. The van der Waals surface area contributed by atoms with Gasteiger partial charge in [-0.05, 0) is 48.5 Å². The van der Waals surface area contributed by atoms with E-state index >= 15 is 0 Å². The first-order chi connectivity index (χ1) is 12.3. The minimum atomic E-state index is -4.54. The van der Waals surface area contributed by atoms with Crippen molar-refractivity contribution in [3.63, 3.8) is 0 Å². The number of thiocarbonyl (C=S) groups is 1. The summed E-state index contributed by atoms with van der Waals surface area (Å²) in [7, 11) is 1.33. The summed E-state index contributed by atoms with van der Waals surface area (Å²) in [6.07, 6.45) is -3.75. The molecule has 0 aromatic heterocycles. The van der Waals surface area contributed by atoms with Crippen molar-refractivity contribution in [3.05, 3.63) is 58.1 Å². The summed E-state index contributed by atoms with van der Waals surface area (Å²) in [6, 6.07) is 8.94. The predicted molar refractivity (Wildman–Crippen MR) is 99.8 cm³/mol. The van der Waals surface area contributed by atoms with Gasteiger partial charge in [0.15, 0.2) is 0 Å². The minimum Gasteiger partial charge on any atom is -0.487 e. The topological polar surface area (TPSA) is 30.5 Å². The van der Waals surface area contributed by atoms with E-state index in [9.17, 15) is 13.2 Å². The van der Waals surface area contributed by atoms with Crippen LogP contribution in [0.3, 0.4) is 0 Å². The van der Waals surface area contributed by atoms with Crippen LogP contribution >= 0.6 is 23.8 Å². The van der Waals surface area contributed by atoms with Gasteiger partial charge < -0.3 is 14.8 Å². The molecule has 0 saturated heterocycles. The van der Waals surface area contributed by atoms with E-state index in [2.05, 4.69) is 5.32 Å². The molecule has 8 heteroatoms. The van der Waals surface area contributed by atoms with Crippen LogP contribution in [0.5, 0.6) is 5.75 Å².